The van der Waals surface area contributed by atoms with Gasteiger partial charge in [-0.05, 0) is 79.4 Å². The number of hydrogen-bond donors (Lipinski definition) is 0. The zero-order valence-corrected chi connectivity index (χ0v) is 19.2. The molecule has 0 spiro atoms. The van der Waals surface area contributed by atoms with Crippen LogP contribution in [0.3, 0.4) is 0 Å². The highest BCUT2D eigenvalue weighted by Crippen LogP contribution is 2.34. The fraction of sp³-hybridized carbons (Fsp3) is 0.174. The SMILES string of the molecule is Cc1ccc(S(=O)(=O)n2ccc3c(-c4cc(C(C)S(=O)[O-])ccc4F)cc(C)nc32)cc1. The van der Waals surface area contributed by atoms with Crippen molar-refractivity contribution in [2.75, 3.05) is 0 Å². The molecule has 0 saturated carbocycles. The number of fused-ring (bicyclic) bond motifs is 1. The van der Waals surface area contributed by atoms with Gasteiger partial charge in [-0.25, -0.2) is 21.8 Å². The lowest BCUT2D eigenvalue weighted by molar-refractivity contribution is 0.527. The average Bonchev–Trinajstić information content (AvgIpc) is 3.18. The summed E-state index contributed by atoms with van der Waals surface area (Å²) < 4.78 is 65.2. The lowest BCUT2D eigenvalue weighted by atomic mass is 9.99. The highest BCUT2D eigenvalue weighted by Gasteiger charge is 2.22. The Labute approximate surface area is 188 Å². The fourth-order valence-electron chi connectivity index (χ4n) is 3.57. The maximum Gasteiger partial charge on any atom is 0.269 e. The molecule has 4 rings (SSSR count). The van der Waals surface area contributed by atoms with Gasteiger partial charge in [0.15, 0.2) is 5.65 Å². The van der Waals surface area contributed by atoms with E-state index in [0.717, 1.165) is 9.54 Å². The summed E-state index contributed by atoms with van der Waals surface area (Å²) in [4.78, 5) is 4.53. The number of benzene rings is 2. The molecule has 32 heavy (non-hydrogen) atoms. The molecule has 4 aromatic rings. The summed E-state index contributed by atoms with van der Waals surface area (Å²) in [5.74, 6) is -0.543. The van der Waals surface area contributed by atoms with E-state index in [4.69, 9.17) is 0 Å². The lowest BCUT2D eigenvalue weighted by Gasteiger charge is -2.17. The quantitative estimate of drug-likeness (QED) is 0.396. The summed E-state index contributed by atoms with van der Waals surface area (Å²) in [5, 5.41) is -0.377. The molecule has 0 amide bonds. The van der Waals surface area contributed by atoms with Crippen LogP contribution in [0, 0.1) is 19.7 Å². The van der Waals surface area contributed by atoms with Crippen molar-refractivity contribution in [3.8, 4) is 11.1 Å². The normalized spacial score (nSPS) is 13.9. The standard InChI is InChI=1S/C23H21FN2O4S2/c1-14-4-7-18(8-5-14)32(29,30)26-11-10-19-20(12-15(2)25-23(19)26)21-13-17(6-9-22(21)24)16(3)31(27)28/h4-13,16H,1-3H3,(H,27,28)/p-1. The first kappa shape index (κ1) is 22.3. The predicted octanol–water partition coefficient (Wildman–Crippen LogP) is 4.64. The Balaban J connectivity index is 1.94. The summed E-state index contributed by atoms with van der Waals surface area (Å²) in [5.41, 5.74) is 2.65. The summed E-state index contributed by atoms with van der Waals surface area (Å²) >= 11 is -2.36. The number of halogens is 1. The number of nitrogens with zero attached hydrogens (tertiary/aromatic N) is 2. The molecule has 0 aliphatic rings. The first-order chi connectivity index (χ1) is 15.1. The van der Waals surface area contributed by atoms with Crippen LogP contribution in [0.15, 0.2) is 65.7 Å². The Kier molecular flexibility index (Phi) is 5.74. The minimum Gasteiger partial charge on any atom is -0.772 e. The Morgan fingerprint density at radius 2 is 1.72 bits per heavy atom. The third-order valence-corrected chi connectivity index (χ3v) is 7.90. The third-order valence-electron chi connectivity index (χ3n) is 5.37. The van der Waals surface area contributed by atoms with Crippen molar-refractivity contribution < 1.29 is 21.6 Å². The highest BCUT2D eigenvalue weighted by molar-refractivity contribution is 7.90. The van der Waals surface area contributed by atoms with Crippen LogP contribution in [0.1, 0.15) is 29.0 Å². The van der Waals surface area contributed by atoms with Gasteiger partial charge in [-0.1, -0.05) is 23.8 Å². The van der Waals surface area contributed by atoms with E-state index in [9.17, 15) is 21.6 Å². The minimum atomic E-state index is -3.92. The molecule has 6 nitrogen and oxygen atoms in total. The maximum absolute atomic E-state index is 14.8. The van der Waals surface area contributed by atoms with Crippen LogP contribution in [0.5, 0.6) is 0 Å². The predicted molar refractivity (Wildman–Crippen MR) is 121 cm³/mol. The number of pyridine rings is 1. The van der Waals surface area contributed by atoms with Crippen molar-refractivity contribution in [3.63, 3.8) is 0 Å². The molecule has 2 unspecified atom stereocenters. The summed E-state index contributed by atoms with van der Waals surface area (Å²) in [6.45, 7) is 5.07. The van der Waals surface area contributed by atoms with Crippen molar-refractivity contribution in [3.05, 3.63) is 83.4 Å². The molecule has 0 saturated heterocycles. The molecule has 166 valence electrons. The molecule has 0 radical (unpaired) electrons. The molecule has 2 aromatic carbocycles. The van der Waals surface area contributed by atoms with E-state index in [-0.39, 0.29) is 16.1 Å². The molecule has 2 atom stereocenters. The zero-order valence-electron chi connectivity index (χ0n) is 17.6. The molecular formula is C23H20FN2O4S2-. The third kappa shape index (κ3) is 3.87. The van der Waals surface area contributed by atoms with E-state index >= 15 is 0 Å². The van der Waals surface area contributed by atoms with Crippen LogP contribution >= 0.6 is 0 Å². The molecule has 0 fully saturated rings. The second kappa shape index (κ2) is 8.23. The Morgan fingerprint density at radius 1 is 1.03 bits per heavy atom. The minimum absolute atomic E-state index is 0.116. The van der Waals surface area contributed by atoms with Crippen molar-refractivity contribution in [2.45, 2.75) is 30.9 Å². The summed E-state index contributed by atoms with van der Waals surface area (Å²) in [6.07, 6.45) is 1.40. The van der Waals surface area contributed by atoms with E-state index in [1.54, 1.807) is 31.2 Å². The number of aryl methyl sites for hydroxylation is 2. The summed E-state index contributed by atoms with van der Waals surface area (Å²) in [6, 6.07) is 13.8. The van der Waals surface area contributed by atoms with E-state index in [1.165, 1.54) is 43.5 Å². The van der Waals surface area contributed by atoms with E-state index in [2.05, 4.69) is 4.98 Å². The van der Waals surface area contributed by atoms with Gasteiger partial charge in [-0.15, -0.1) is 0 Å². The first-order valence-corrected chi connectivity index (χ1v) is 12.4. The number of hydrogen-bond acceptors (Lipinski definition) is 5. The molecule has 2 aromatic heterocycles. The Bertz CT molecular complexity index is 1460. The molecule has 9 heteroatoms. The van der Waals surface area contributed by atoms with Gasteiger partial charge >= 0.3 is 0 Å². The Hall–Kier alpha value is -2.88. The zero-order chi connectivity index (χ0) is 23.2. The topological polar surface area (TPSA) is 92.1 Å². The largest absolute Gasteiger partial charge is 0.772 e. The van der Waals surface area contributed by atoms with E-state index in [0.29, 0.717) is 22.2 Å². The second-order valence-corrected chi connectivity index (χ2v) is 10.7. The second-order valence-electron chi connectivity index (χ2n) is 7.62. The number of rotatable bonds is 5. The summed E-state index contributed by atoms with van der Waals surface area (Å²) in [7, 11) is -3.92. The highest BCUT2D eigenvalue weighted by atomic mass is 32.2. The van der Waals surface area contributed by atoms with Gasteiger partial charge in [0.05, 0.1) is 4.90 Å². The first-order valence-electron chi connectivity index (χ1n) is 9.78. The van der Waals surface area contributed by atoms with Crippen LogP contribution in [-0.4, -0.2) is 26.1 Å². The number of aromatic nitrogens is 2. The van der Waals surface area contributed by atoms with Gasteiger partial charge in [0, 0.05) is 28.1 Å². The monoisotopic (exact) mass is 471 g/mol. The Morgan fingerprint density at radius 3 is 2.38 bits per heavy atom. The van der Waals surface area contributed by atoms with Gasteiger partial charge in [0.25, 0.3) is 10.0 Å². The smallest absolute Gasteiger partial charge is 0.269 e. The van der Waals surface area contributed by atoms with Crippen LogP contribution in [0.2, 0.25) is 0 Å². The van der Waals surface area contributed by atoms with Crippen molar-refractivity contribution in [1.29, 1.82) is 0 Å². The van der Waals surface area contributed by atoms with Gasteiger partial charge < -0.3 is 4.55 Å². The molecule has 2 heterocycles. The van der Waals surface area contributed by atoms with Crippen molar-refractivity contribution in [2.24, 2.45) is 0 Å². The van der Waals surface area contributed by atoms with Crippen LogP contribution in [-0.2, 0) is 21.1 Å². The van der Waals surface area contributed by atoms with Gasteiger partial charge in [-0.2, -0.15) is 0 Å². The van der Waals surface area contributed by atoms with Crippen LogP contribution in [0.4, 0.5) is 4.39 Å². The molecule has 0 aliphatic heterocycles. The average molecular weight is 472 g/mol. The van der Waals surface area contributed by atoms with Crippen LogP contribution < -0.4 is 0 Å². The van der Waals surface area contributed by atoms with E-state index < -0.39 is 32.2 Å². The van der Waals surface area contributed by atoms with Gasteiger partial charge in [0.1, 0.15) is 5.82 Å². The van der Waals surface area contributed by atoms with Gasteiger partial charge in [-0.3, -0.25) is 4.21 Å². The van der Waals surface area contributed by atoms with Crippen molar-refractivity contribution >= 4 is 32.1 Å². The van der Waals surface area contributed by atoms with Gasteiger partial charge in [0.2, 0.25) is 0 Å². The maximum atomic E-state index is 14.8. The fourth-order valence-corrected chi connectivity index (χ4v) is 5.23. The molecule has 0 bridgehead atoms. The molecular weight excluding hydrogens is 451 g/mol. The van der Waals surface area contributed by atoms with Crippen molar-refractivity contribution in [1.82, 2.24) is 8.96 Å². The van der Waals surface area contributed by atoms with E-state index in [1.807, 2.05) is 6.92 Å². The molecule has 0 aliphatic carbocycles. The van der Waals surface area contributed by atoms with Crippen LogP contribution in [0.25, 0.3) is 22.2 Å². The lowest BCUT2D eigenvalue weighted by Crippen LogP contribution is -2.12. The molecule has 0 N–H and O–H groups in total.